The number of carbonyl (C=O) groups excluding carboxylic acids is 2. The van der Waals surface area contributed by atoms with E-state index in [4.69, 9.17) is 26.2 Å². The van der Waals surface area contributed by atoms with E-state index in [1.165, 1.54) is 4.31 Å². The van der Waals surface area contributed by atoms with Crippen LogP contribution in [0.4, 0.5) is 10.5 Å². The Morgan fingerprint density at radius 3 is 2.33 bits per heavy atom. The van der Waals surface area contributed by atoms with Crippen LogP contribution in [-0.4, -0.2) is 121 Å². The van der Waals surface area contributed by atoms with Crippen molar-refractivity contribution in [3.63, 3.8) is 0 Å². The van der Waals surface area contributed by atoms with Gasteiger partial charge in [-0.2, -0.15) is 9.40 Å². The van der Waals surface area contributed by atoms with E-state index < -0.39 is 29.2 Å². The zero-order valence-corrected chi connectivity index (χ0v) is 33.2. The monoisotopic (exact) mass is 738 g/mol. The van der Waals surface area contributed by atoms with E-state index in [1.807, 2.05) is 46.2 Å². The summed E-state index contributed by atoms with van der Waals surface area (Å²) >= 11 is 5.87. The number of aromatic nitrogens is 2. The molecule has 0 N–H and O–H groups in total. The van der Waals surface area contributed by atoms with Gasteiger partial charge in [0.1, 0.15) is 18.2 Å². The SMILES string of the molecule is C[C@@H]1CN(c2cc(S(=O)(=O)N(COCC[Si](C)(C)C)C3(C)CC3)cc3c2cnn3C2CCN(C(=O)CCl)C2)C[C@H](C)N1C(=O)OC(C)(C)C. The molecule has 1 aromatic heterocycles. The van der Waals surface area contributed by atoms with Crippen LogP contribution in [0.1, 0.15) is 66.8 Å². The van der Waals surface area contributed by atoms with Gasteiger partial charge in [0.2, 0.25) is 15.9 Å². The minimum absolute atomic E-state index is 0.00327. The van der Waals surface area contributed by atoms with Gasteiger partial charge in [0.25, 0.3) is 0 Å². The molecule has 0 spiro atoms. The smallest absolute Gasteiger partial charge is 0.410 e. The minimum atomic E-state index is -4.00. The minimum Gasteiger partial charge on any atom is -0.444 e. The third kappa shape index (κ3) is 8.40. The predicted octanol–water partition coefficient (Wildman–Crippen LogP) is 5.74. The van der Waals surface area contributed by atoms with Crippen molar-refractivity contribution in [2.75, 3.05) is 50.3 Å². The van der Waals surface area contributed by atoms with Gasteiger partial charge in [-0.3, -0.25) is 14.4 Å². The Morgan fingerprint density at radius 1 is 1.10 bits per heavy atom. The van der Waals surface area contributed by atoms with Gasteiger partial charge in [-0.15, -0.1) is 11.6 Å². The molecule has 1 aromatic carbocycles. The normalized spacial score (nSPS) is 23.1. The largest absolute Gasteiger partial charge is 0.444 e. The van der Waals surface area contributed by atoms with E-state index in [2.05, 4.69) is 24.5 Å². The van der Waals surface area contributed by atoms with Crippen molar-refractivity contribution in [1.29, 1.82) is 0 Å². The van der Waals surface area contributed by atoms with Crippen molar-refractivity contribution >= 4 is 58.3 Å². The maximum Gasteiger partial charge on any atom is 0.410 e. The standard InChI is InChI=1S/C34H55ClN6O6SSi/c1-24-20-38(21-25(2)40(24)32(43)47-33(3,4)5)29-16-27(48(44,45)39(34(6)11-12-34)23-46-14-15-49(7,8)9)17-30-28(29)19-36-41(30)26-10-13-37(22-26)31(42)18-35/h16-17,19,24-26H,10-15,18,20-23H2,1-9H3/t24-,25+,26?. The molecule has 12 nitrogen and oxygen atoms in total. The van der Waals surface area contributed by atoms with Crippen molar-refractivity contribution in [1.82, 2.24) is 23.9 Å². The van der Waals surface area contributed by atoms with Crippen molar-refractivity contribution in [3.8, 4) is 0 Å². The first-order valence-electron chi connectivity index (χ1n) is 17.5. The molecule has 274 valence electrons. The molecule has 3 aliphatic rings. The van der Waals surface area contributed by atoms with Crippen LogP contribution < -0.4 is 4.90 Å². The number of ether oxygens (including phenoxy) is 2. The van der Waals surface area contributed by atoms with E-state index in [-0.39, 0.29) is 47.6 Å². The summed E-state index contributed by atoms with van der Waals surface area (Å²) in [6, 6.07) is 3.93. The maximum atomic E-state index is 14.7. The molecule has 0 bridgehead atoms. The Kier molecular flexibility index (Phi) is 10.8. The number of rotatable bonds is 11. The van der Waals surface area contributed by atoms with Crippen molar-refractivity contribution in [3.05, 3.63) is 18.3 Å². The number of amides is 2. The lowest BCUT2D eigenvalue weighted by Gasteiger charge is -2.45. The molecule has 3 heterocycles. The van der Waals surface area contributed by atoms with E-state index >= 15 is 0 Å². The second kappa shape index (κ2) is 14.0. The molecule has 15 heteroatoms. The van der Waals surface area contributed by atoms with Crippen LogP contribution in [0, 0.1) is 0 Å². The highest BCUT2D eigenvalue weighted by Gasteiger charge is 2.50. The molecular formula is C34H55ClN6O6SSi. The number of alkyl halides is 1. The number of halogens is 1. The summed E-state index contributed by atoms with van der Waals surface area (Å²) in [7, 11) is -5.36. The number of likely N-dealkylation sites (tertiary alicyclic amines) is 1. The molecule has 5 rings (SSSR count). The molecule has 3 atom stereocenters. The van der Waals surface area contributed by atoms with Gasteiger partial charge in [0.15, 0.2) is 0 Å². The number of hydrogen-bond donors (Lipinski definition) is 0. The lowest BCUT2D eigenvalue weighted by molar-refractivity contribution is -0.127. The van der Waals surface area contributed by atoms with E-state index in [0.717, 1.165) is 30.0 Å². The number of benzene rings is 1. The van der Waals surface area contributed by atoms with Crippen LogP contribution in [0.3, 0.4) is 0 Å². The van der Waals surface area contributed by atoms with E-state index in [1.54, 1.807) is 28.1 Å². The fraction of sp³-hybridized carbons (Fsp3) is 0.735. The van der Waals surface area contributed by atoms with E-state index in [0.29, 0.717) is 44.7 Å². The number of fused-ring (bicyclic) bond motifs is 1. The molecule has 2 saturated heterocycles. The molecule has 3 fully saturated rings. The first-order chi connectivity index (χ1) is 22.7. The predicted molar refractivity (Wildman–Crippen MR) is 196 cm³/mol. The van der Waals surface area contributed by atoms with Crippen LogP contribution in [0.2, 0.25) is 25.7 Å². The second-order valence-corrected chi connectivity index (χ2v) is 24.3. The molecular weight excluding hydrogens is 684 g/mol. The summed E-state index contributed by atoms with van der Waals surface area (Å²) < 4.78 is 44.6. The highest BCUT2D eigenvalue weighted by Crippen LogP contribution is 2.45. The number of hydrogen-bond acceptors (Lipinski definition) is 8. The summed E-state index contributed by atoms with van der Waals surface area (Å²) in [5.41, 5.74) is 0.307. The summed E-state index contributed by atoms with van der Waals surface area (Å²) in [5, 5.41) is 5.61. The molecule has 0 radical (unpaired) electrons. The number of piperazine rings is 1. The van der Waals surface area contributed by atoms with Crippen LogP contribution in [0.25, 0.3) is 10.9 Å². The molecule has 49 heavy (non-hydrogen) atoms. The topological polar surface area (TPSA) is 118 Å². The van der Waals surface area contributed by atoms with Gasteiger partial charge >= 0.3 is 6.09 Å². The zero-order chi connectivity index (χ0) is 36.1. The number of sulfonamides is 1. The first-order valence-corrected chi connectivity index (χ1v) is 23.1. The zero-order valence-electron chi connectivity index (χ0n) is 30.7. The third-order valence-electron chi connectivity index (χ3n) is 9.88. The van der Waals surface area contributed by atoms with E-state index in [9.17, 15) is 18.0 Å². The van der Waals surface area contributed by atoms with Gasteiger partial charge in [0, 0.05) is 57.5 Å². The van der Waals surface area contributed by atoms with Crippen molar-refractivity contribution in [2.24, 2.45) is 0 Å². The Bertz CT molecular complexity index is 1640. The third-order valence-corrected chi connectivity index (χ3v) is 13.8. The highest BCUT2D eigenvalue weighted by molar-refractivity contribution is 7.89. The molecule has 1 unspecified atom stereocenters. The van der Waals surface area contributed by atoms with Gasteiger partial charge in [-0.1, -0.05) is 19.6 Å². The Morgan fingerprint density at radius 2 is 1.76 bits per heavy atom. The van der Waals surface area contributed by atoms with Crippen LogP contribution in [-0.2, 0) is 24.3 Å². The lowest BCUT2D eigenvalue weighted by atomic mass is 10.1. The summed E-state index contributed by atoms with van der Waals surface area (Å²) in [4.78, 5) is 31.5. The number of carbonyl (C=O) groups is 2. The first kappa shape index (κ1) is 37.9. The van der Waals surface area contributed by atoms with Gasteiger partial charge in [-0.25, -0.2) is 13.2 Å². The van der Waals surface area contributed by atoms with Crippen molar-refractivity contribution < 1.29 is 27.5 Å². The summed E-state index contributed by atoms with van der Waals surface area (Å²) in [5.74, 6) is -0.211. The Balaban J connectivity index is 1.54. The van der Waals surface area contributed by atoms with Gasteiger partial charge in [0.05, 0.1) is 34.7 Å². The molecule has 1 aliphatic carbocycles. The number of nitrogens with zero attached hydrogens (tertiary/aromatic N) is 6. The molecule has 2 aromatic rings. The quantitative estimate of drug-likeness (QED) is 0.124. The maximum absolute atomic E-state index is 14.7. The average molecular weight is 739 g/mol. The molecule has 2 aliphatic heterocycles. The van der Waals surface area contributed by atoms with Gasteiger partial charge in [-0.05, 0) is 79.0 Å². The van der Waals surface area contributed by atoms with Crippen LogP contribution >= 0.6 is 11.6 Å². The Hall–Kier alpha value is -2.39. The Labute approximate surface area is 298 Å². The van der Waals surface area contributed by atoms with Crippen molar-refractivity contribution in [2.45, 2.75) is 121 Å². The summed E-state index contributed by atoms with van der Waals surface area (Å²) in [6.45, 7) is 20.8. The fourth-order valence-electron chi connectivity index (χ4n) is 6.85. The van der Waals surface area contributed by atoms with Gasteiger partial charge < -0.3 is 19.3 Å². The fourth-order valence-corrected chi connectivity index (χ4v) is 9.53. The van der Waals surface area contributed by atoms with Crippen LogP contribution in [0.15, 0.2) is 23.2 Å². The lowest BCUT2D eigenvalue weighted by Crippen LogP contribution is -2.59. The summed E-state index contributed by atoms with van der Waals surface area (Å²) in [6.07, 6.45) is 3.66. The average Bonchev–Trinajstić information content (AvgIpc) is 3.35. The highest BCUT2D eigenvalue weighted by atomic mass is 35.5. The molecule has 2 amide bonds. The van der Waals surface area contributed by atoms with Crippen LogP contribution in [0.5, 0.6) is 0 Å². The second-order valence-electron chi connectivity index (χ2n) is 16.6. The number of anilines is 1. The molecule has 1 saturated carbocycles.